The molecule has 1 aliphatic carbocycles. The van der Waals surface area contributed by atoms with Crippen LogP contribution in [0.1, 0.15) is 31.4 Å². The van der Waals surface area contributed by atoms with E-state index >= 15 is 0 Å². The van der Waals surface area contributed by atoms with Gasteiger partial charge < -0.3 is 19.9 Å². The number of nitrogens with zero attached hydrogens (tertiary/aromatic N) is 1. The molecule has 21 heavy (non-hydrogen) atoms. The predicted molar refractivity (Wildman–Crippen MR) is 83.3 cm³/mol. The normalized spacial score (nSPS) is 15.9. The molecule has 0 aliphatic heterocycles. The number of methoxy groups -OCH3 is 3. The molecule has 0 bridgehead atoms. The van der Waals surface area contributed by atoms with Crippen molar-refractivity contribution in [3.63, 3.8) is 0 Å². The largest absolute Gasteiger partial charge is 0.493 e. The summed E-state index contributed by atoms with van der Waals surface area (Å²) in [5, 5.41) is 0. The van der Waals surface area contributed by atoms with Gasteiger partial charge >= 0.3 is 0 Å². The minimum absolute atomic E-state index is 0.136. The lowest BCUT2D eigenvalue weighted by molar-refractivity contribution is 0.196. The van der Waals surface area contributed by atoms with Gasteiger partial charge in [-0.05, 0) is 31.5 Å². The number of nitrogens with two attached hydrogens (primary N) is 1. The summed E-state index contributed by atoms with van der Waals surface area (Å²) in [6.45, 7) is 3.70. The van der Waals surface area contributed by atoms with Gasteiger partial charge in [-0.15, -0.1) is 0 Å². The van der Waals surface area contributed by atoms with Gasteiger partial charge in [0.1, 0.15) is 0 Å². The zero-order chi connectivity index (χ0) is 15.4. The molecule has 0 saturated heterocycles. The van der Waals surface area contributed by atoms with Gasteiger partial charge in [-0.3, -0.25) is 4.90 Å². The molecule has 0 amide bonds. The highest BCUT2D eigenvalue weighted by Crippen LogP contribution is 2.44. The van der Waals surface area contributed by atoms with Gasteiger partial charge in [0.25, 0.3) is 0 Å². The quantitative estimate of drug-likeness (QED) is 0.796. The first-order chi connectivity index (χ1) is 10.2. The maximum Gasteiger partial charge on any atom is 0.203 e. The Labute approximate surface area is 127 Å². The molecular formula is C16H26N2O3. The molecule has 1 aromatic rings. The third-order valence-electron chi connectivity index (χ3n) is 4.10. The molecule has 0 aromatic heterocycles. The number of ether oxygens (including phenoxy) is 3. The molecule has 0 radical (unpaired) electrons. The fourth-order valence-corrected chi connectivity index (χ4v) is 2.97. The van der Waals surface area contributed by atoms with E-state index in [1.807, 2.05) is 12.1 Å². The Kier molecular flexibility index (Phi) is 5.31. The fraction of sp³-hybridized carbons (Fsp3) is 0.625. The highest BCUT2D eigenvalue weighted by atomic mass is 16.5. The van der Waals surface area contributed by atoms with Crippen LogP contribution >= 0.6 is 0 Å². The molecule has 0 spiro atoms. The fourth-order valence-electron chi connectivity index (χ4n) is 2.97. The molecule has 1 aliphatic rings. The number of hydrogen-bond donors (Lipinski definition) is 1. The van der Waals surface area contributed by atoms with Gasteiger partial charge in [-0.1, -0.05) is 6.92 Å². The summed E-state index contributed by atoms with van der Waals surface area (Å²) in [5.41, 5.74) is 7.12. The summed E-state index contributed by atoms with van der Waals surface area (Å²) in [7, 11) is 4.90. The van der Waals surface area contributed by atoms with Crippen LogP contribution in [0.2, 0.25) is 0 Å². The zero-order valence-electron chi connectivity index (χ0n) is 13.4. The zero-order valence-corrected chi connectivity index (χ0v) is 13.4. The van der Waals surface area contributed by atoms with Crippen molar-refractivity contribution in [2.45, 2.75) is 31.8 Å². The van der Waals surface area contributed by atoms with Crippen LogP contribution in [-0.2, 0) is 0 Å². The SMILES string of the molecule is CCN(C1CC1)C(CN)c1ccc(OC)c(OC)c1OC. The molecule has 1 unspecified atom stereocenters. The van der Waals surface area contributed by atoms with Crippen molar-refractivity contribution in [2.75, 3.05) is 34.4 Å². The summed E-state index contributed by atoms with van der Waals surface area (Å²) in [6.07, 6.45) is 2.50. The molecule has 1 aromatic carbocycles. The number of hydrogen-bond acceptors (Lipinski definition) is 5. The van der Waals surface area contributed by atoms with E-state index in [2.05, 4.69) is 11.8 Å². The van der Waals surface area contributed by atoms with Gasteiger partial charge in [-0.2, -0.15) is 0 Å². The van der Waals surface area contributed by atoms with Crippen molar-refractivity contribution in [3.05, 3.63) is 17.7 Å². The van der Waals surface area contributed by atoms with Crippen molar-refractivity contribution in [2.24, 2.45) is 5.73 Å². The maximum atomic E-state index is 6.06. The van der Waals surface area contributed by atoms with E-state index in [9.17, 15) is 0 Å². The van der Waals surface area contributed by atoms with E-state index in [-0.39, 0.29) is 6.04 Å². The van der Waals surface area contributed by atoms with E-state index in [4.69, 9.17) is 19.9 Å². The van der Waals surface area contributed by atoms with E-state index in [0.717, 1.165) is 12.1 Å². The van der Waals surface area contributed by atoms with Crippen molar-refractivity contribution in [3.8, 4) is 17.2 Å². The first-order valence-corrected chi connectivity index (χ1v) is 7.46. The van der Waals surface area contributed by atoms with Crippen molar-refractivity contribution in [1.82, 2.24) is 4.90 Å². The Morgan fingerprint density at radius 2 is 1.81 bits per heavy atom. The molecule has 118 valence electrons. The van der Waals surface area contributed by atoms with Gasteiger partial charge in [0, 0.05) is 18.2 Å². The Morgan fingerprint density at radius 3 is 2.24 bits per heavy atom. The minimum atomic E-state index is 0.136. The molecule has 5 nitrogen and oxygen atoms in total. The van der Waals surface area contributed by atoms with Gasteiger partial charge in [0.2, 0.25) is 5.75 Å². The van der Waals surface area contributed by atoms with Crippen LogP contribution < -0.4 is 19.9 Å². The molecular weight excluding hydrogens is 268 g/mol. The third kappa shape index (κ3) is 3.09. The second-order valence-corrected chi connectivity index (χ2v) is 5.24. The van der Waals surface area contributed by atoms with Crippen LogP contribution in [0.15, 0.2) is 12.1 Å². The standard InChI is InChI=1S/C16H26N2O3/c1-5-18(11-6-7-11)13(10-17)12-8-9-14(19-2)16(21-4)15(12)20-3/h8-9,11,13H,5-7,10,17H2,1-4H3. The van der Waals surface area contributed by atoms with Crippen LogP contribution in [0, 0.1) is 0 Å². The lowest BCUT2D eigenvalue weighted by atomic mass is 10.0. The Hall–Kier alpha value is -1.46. The first-order valence-electron chi connectivity index (χ1n) is 7.46. The highest BCUT2D eigenvalue weighted by Gasteiger charge is 2.35. The molecule has 0 heterocycles. The van der Waals surface area contributed by atoms with Crippen molar-refractivity contribution in [1.29, 1.82) is 0 Å². The lowest BCUT2D eigenvalue weighted by Crippen LogP contribution is -2.35. The number of likely N-dealkylation sites (N-methyl/N-ethyl adjacent to an activating group) is 1. The predicted octanol–water partition coefficient (Wildman–Crippen LogP) is 2.20. The number of benzene rings is 1. The van der Waals surface area contributed by atoms with Gasteiger partial charge in [0.15, 0.2) is 11.5 Å². The van der Waals surface area contributed by atoms with E-state index in [0.29, 0.717) is 29.8 Å². The second kappa shape index (κ2) is 7.00. The molecule has 1 saturated carbocycles. The Balaban J connectivity index is 2.44. The summed E-state index contributed by atoms with van der Waals surface area (Å²) < 4.78 is 16.4. The average Bonchev–Trinajstić information content (AvgIpc) is 3.35. The van der Waals surface area contributed by atoms with Crippen LogP contribution in [0.5, 0.6) is 17.2 Å². The van der Waals surface area contributed by atoms with Gasteiger partial charge in [0.05, 0.1) is 27.4 Å². The maximum absolute atomic E-state index is 6.06. The monoisotopic (exact) mass is 294 g/mol. The van der Waals surface area contributed by atoms with E-state index in [1.54, 1.807) is 21.3 Å². The Morgan fingerprint density at radius 1 is 1.14 bits per heavy atom. The number of rotatable bonds is 8. The van der Waals surface area contributed by atoms with E-state index in [1.165, 1.54) is 12.8 Å². The summed E-state index contributed by atoms with van der Waals surface area (Å²) in [6, 6.07) is 4.72. The minimum Gasteiger partial charge on any atom is -0.493 e. The third-order valence-corrected chi connectivity index (χ3v) is 4.10. The Bertz CT molecular complexity index is 475. The molecule has 2 N–H and O–H groups in total. The topological polar surface area (TPSA) is 57.0 Å². The van der Waals surface area contributed by atoms with Gasteiger partial charge in [-0.25, -0.2) is 0 Å². The lowest BCUT2D eigenvalue weighted by Gasteiger charge is -2.31. The molecule has 5 heteroatoms. The van der Waals surface area contributed by atoms with Crippen LogP contribution in [-0.4, -0.2) is 45.4 Å². The molecule has 1 atom stereocenters. The molecule has 2 rings (SSSR count). The second-order valence-electron chi connectivity index (χ2n) is 5.24. The van der Waals surface area contributed by atoms with E-state index < -0.39 is 0 Å². The van der Waals surface area contributed by atoms with Crippen LogP contribution in [0.4, 0.5) is 0 Å². The van der Waals surface area contributed by atoms with Crippen LogP contribution in [0.3, 0.4) is 0 Å². The average molecular weight is 294 g/mol. The van der Waals surface area contributed by atoms with Crippen LogP contribution in [0.25, 0.3) is 0 Å². The highest BCUT2D eigenvalue weighted by molar-refractivity contribution is 5.56. The summed E-state index contributed by atoms with van der Waals surface area (Å²) in [4.78, 5) is 2.45. The summed E-state index contributed by atoms with van der Waals surface area (Å²) in [5.74, 6) is 2.01. The van der Waals surface area contributed by atoms with Crippen molar-refractivity contribution < 1.29 is 14.2 Å². The smallest absolute Gasteiger partial charge is 0.203 e. The van der Waals surface area contributed by atoms with Crippen molar-refractivity contribution >= 4 is 0 Å². The summed E-state index contributed by atoms with van der Waals surface area (Å²) >= 11 is 0. The first kappa shape index (κ1) is 15.9. The molecule has 1 fully saturated rings.